The number of phenolic OH excluding ortho intramolecular Hbond substituents is 1. The molecule has 2 amide bonds. The molecule has 3 aromatic rings. The molecule has 0 unspecified atom stereocenters. The molecule has 0 spiro atoms. The van der Waals surface area contributed by atoms with Crippen LogP contribution in [0.3, 0.4) is 0 Å². The van der Waals surface area contributed by atoms with Crippen molar-refractivity contribution in [1.29, 1.82) is 0 Å². The predicted molar refractivity (Wildman–Crippen MR) is 157 cm³/mol. The number of rotatable bonds is 4. The molecule has 0 bridgehead atoms. The second kappa shape index (κ2) is 9.97. The van der Waals surface area contributed by atoms with Gasteiger partial charge in [-0.3, -0.25) is 24.1 Å². The normalized spacial score (nSPS) is 29.9. The van der Waals surface area contributed by atoms with Crippen LogP contribution in [-0.4, -0.2) is 39.9 Å². The van der Waals surface area contributed by atoms with E-state index in [0.717, 1.165) is 6.07 Å². The van der Waals surface area contributed by atoms with E-state index >= 15 is 4.39 Å². The van der Waals surface area contributed by atoms with Gasteiger partial charge in [0.15, 0.2) is 23.1 Å². The summed E-state index contributed by atoms with van der Waals surface area (Å²) in [5, 5.41) is 11.2. The van der Waals surface area contributed by atoms with Gasteiger partial charge in [-0.05, 0) is 49.0 Å². The molecular weight excluding hydrogens is 545 g/mol. The van der Waals surface area contributed by atoms with Gasteiger partial charge in [0.25, 0.3) is 0 Å². The molecule has 1 saturated carbocycles. The van der Waals surface area contributed by atoms with Crippen LogP contribution >= 0.6 is 0 Å². The van der Waals surface area contributed by atoms with E-state index in [1.165, 1.54) is 17.0 Å². The maximum atomic E-state index is 15.1. The first-order valence-corrected chi connectivity index (χ1v) is 14.7. The van der Waals surface area contributed by atoms with Crippen molar-refractivity contribution in [3.05, 3.63) is 119 Å². The summed E-state index contributed by atoms with van der Waals surface area (Å²) >= 11 is 0. The van der Waals surface area contributed by atoms with Crippen molar-refractivity contribution in [2.75, 3.05) is 6.54 Å². The molecule has 4 aliphatic rings. The first kappa shape index (κ1) is 27.2. The number of allylic oxidation sites excluding steroid dienone is 4. The van der Waals surface area contributed by atoms with Gasteiger partial charge < -0.3 is 5.11 Å². The highest BCUT2D eigenvalue weighted by Crippen LogP contribution is 2.64. The van der Waals surface area contributed by atoms with Gasteiger partial charge in [-0.25, -0.2) is 4.39 Å². The summed E-state index contributed by atoms with van der Waals surface area (Å²) in [4.78, 5) is 57.8. The second-order valence-corrected chi connectivity index (χ2v) is 11.9. The van der Waals surface area contributed by atoms with E-state index in [1.807, 2.05) is 18.2 Å². The summed E-state index contributed by atoms with van der Waals surface area (Å²) < 4.78 is 15.1. The molecule has 2 fully saturated rings. The Morgan fingerprint density at radius 1 is 0.884 bits per heavy atom. The Kier molecular flexibility index (Phi) is 6.31. The molecule has 0 radical (unpaired) electrons. The Bertz CT molecular complexity index is 1750. The molecule has 43 heavy (non-hydrogen) atoms. The van der Waals surface area contributed by atoms with Crippen LogP contribution in [0.1, 0.15) is 42.4 Å². The van der Waals surface area contributed by atoms with E-state index in [2.05, 4.69) is 0 Å². The van der Waals surface area contributed by atoms with Crippen molar-refractivity contribution in [1.82, 2.24) is 4.90 Å². The third-order valence-electron chi connectivity index (χ3n) is 10.1. The summed E-state index contributed by atoms with van der Waals surface area (Å²) in [7, 11) is 0. The molecule has 6 nitrogen and oxygen atoms in total. The Balaban J connectivity index is 1.53. The number of carbonyl (C=O) groups is 4. The Labute approximate surface area is 248 Å². The molecule has 216 valence electrons. The Morgan fingerprint density at radius 2 is 1.58 bits per heavy atom. The summed E-state index contributed by atoms with van der Waals surface area (Å²) in [6.07, 6.45) is 3.76. The molecule has 1 heterocycles. The minimum atomic E-state index is -1.51. The number of imide groups is 1. The van der Waals surface area contributed by atoms with E-state index in [0.29, 0.717) is 16.7 Å². The van der Waals surface area contributed by atoms with Crippen LogP contribution in [-0.2, 0) is 24.6 Å². The van der Waals surface area contributed by atoms with Crippen molar-refractivity contribution >= 4 is 29.0 Å². The van der Waals surface area contributed by atoms with Gasteiger partial charge in [0.1, 0.15) is 0 Å². The van der Waals surface area contributed by atoms with Crippen LogP contribution in [0.25, 0.3) is 5.57 Å². The minimum absolute atomic E-state index is 0.166. The van der Waals surface area contributed by atoms with Crippen LogP contribution in [0.15, 0.2) is 96.6 Å². The lowest BCUT2D eigenvalue weighted by Crippen LogP contribution is -2.58. The van der Waals surface area contributed by atoms with Gasteiger partial charge >= 0.3 is 0 Å². The third kappa shape index (κ3) is 3.70. The molecule has 7 rings (SSSR count). The summed E-state index contributed by atoms with van der Waals surface area (Å²) in [5.74, 6) is -6.20. The quantitative estimate of drug-likeness (QED) is 0.334. The number of hydrogen-bond donors (Lipinski definition) is 1. The first-order valence-electron chi connectivity index (χ1n) is 14.7. The van der Waals surface area contributed by atoms with Gasteiger partial charge in [0.05, 0.1) is 17.3 Å². The van der Waals surface area contributed by atoms with Crippen molar-refractivity contribution < 1.29 is 28.7 Å². The number of ketones is 2. The number of hydrogen-bond acceptors (Lipinski definition) is 5. The highest BCUT2D eigenvalue weighted by atomic mass is 19.1. The lowest BCUT2D eigenvalue weighted by molar-refractivity contribution is -0.140. The maximum Gasteiger partial charge on any atom is 0.233 e. The van der Waals surface area contributed by atoms with E-state index in [9.17, 15) is 24.3 Å². The topological polar surface area (TPSA) is 91.8 Å². The molecule has 7 heteroatoms. The Hall–Kier alpha value is -4.65. The number of benzene rings is 3. The van der Waals surface area contributed by atoms with Crippen LogP contribution in [0, 0.1) is 29.5 Å². The zero-order valence-electron chi connectivity index (χ0n) is 23.6. The average molecular weight is 576 g/mol. The van der Waals surface area contributed by atoms with E-state index in [-0.39, 0.29) is 53.9 Å². The number of amides is 2. The number of phenols is 1. The van der Waals surface area contributed by atoms with Crippen LogP contribution in [0.5, 0.6) is 5.75 Å². The molecular formula is C36H30FNO5. The second-order valence-electron chi connectivity index (χ2n) is 11.9. The summed E-state index contributed by atoms with van der Waals surface area (Å²) in [6.45, 7) is 2.01. The average Bonchev–Trinajstić information content (AvgIpc) is 3.28. The highest BCUT2D eigenvalue weighted by Gasteiger charge is 2.66. The number of fused-ring (bicyclic) bond motifs is 4. The minimum Gasteiger partial charge on any atom is -0.505 e. The van der Waals surface area contributed by atoms with Crippen molar-refractivity contribution in [3.8, 4) is 5.75 Å². The van der Waals surface area contributed by atoms with Crippen LogP contribution < -0.4 is 0 Å². The molecule has 3 aromatic carbocycles. The van der Waals surface area contributed by atoms with Gasteiger partial charge in [0.2, 0.25) is 11.8 Å². The van der Waals surface area contributed by atoms with E-state index in [1.54, 1.807) is 61.5 Å². The third-order valence-corrected chi connectivity index (χ3v) is 10.1. The van der Waals surface area contributed by atoms with E-state index in [4.69, 9.17) is 0 Å². The lowest BCUT2D eigenvalue weighted by atomic mass is 9.44. The number of likely N-dealkylation sites (tertiary alicyclic amines) is 1. The van der Waals surface area contributed by atoms with Gasteiger partial charge in [-0.15, -0.1) is 0 Å². The van der Waals surface area contributed by atoms with Gasteiger partial charge in [-0.2, -0.15) is 0 Å². The maximum absolute atomic E-state index is 15.1. The van der Waals surface area contributed by atoms with Crippen molar-refractivity contribution in [2.24, 2.45) is 23.7 Å². The number of carbonyl (C=O) groups excluding carboxylic acids is 4. The molecule has 3 aliphatic carbocycles. The summed E-state index contributed by atoms with van der Waals surface area (Å²) in [5.41, 5.74) is 0.852. The molecule has 0 aromatic heterocycles. The highest BCUT2D eigenvalue weighted by molar-refractivity contribution is 6.31. The zero-order chi connectivity index (χ0) is 30.0. The molecule has 1 N–H and O–H groups in total. The molecule has 6 atom stereocenters. The predicted octanol–water partition coefficient (Wildman–Crippen LogP) is 5.38. The number of Topliss-reactive ketones (excluding diaryl/α,β-unsaturated/α-hetero) is 1. The summed E-state index contributed by atoms with van der Waals surface area (Å²) in [6, 6.07) is 22.3. The van der Waals surface area contributed by atoms with Crippen molar-refractivity contribution in [3.63, 3.8) is 0 Å². The fraction of sp³-hybridized carbons (Fsp3) is 0.278. The zero-order valence-corrected chi connectivity index (χ0v) is 23.6. The van der Waals surface area contributed by atoms with Gasteiger partial charge in [-0.1, -0.05) is 84.4 Å². The van der Waals surface area contributed by atoms with Crippen molar-refractivity contribution in [2.45, 2.75) is 31.1 Å². The first-order chi connectivity index (χ1) is 20.8. The number of aromatic hydroxyl groups is 1. The SMILES string of the molecule is CCN1C(=O)[C@H]2[C@H](CC=C3[C@H]2C[C@H]2C(=O)C(c4ccccc4)=CC(=O)[C@@]2(c2ccccc2)[C@H]3c2cccc(F)c2O)C1=O. The number of halogens is 1. The number of nitrogens with zero attached hydrogens (tertiary/aromatic N) is 1. The Morgan fingerprint density at radius 3 is 2.28 bits per heavy atom. The standard InChI is InChI=1S/C36H30FNO5/c1-2-38-34(42)23-17-16-22-26(30(23)35(38)43)18-27-32(40)25(20-10-5-3-6-11-20)19-29(39)36(27,21-12-7-4-8-13-21)31(22)24-14-9-15-28(37)33(24)41/h3-16,19,23,26-27,30-31,41H,2,17-18H2,1H3/t23-,26+,27-,30-,31+,36-/m0/s1. The van der Waals surface area contributed by atoms with E-state index < -0.39 is 46.6 Å². The smallest absolute Gasteiger partial charge is 0.233 e. The largest absolute Gasteiger partial charge is 0.505 e. The van der Waals surface area contributed by atoms with Gasteiger partial charge in [0, 0.05) is 29.5 Å². The fourth-order valence-electron chi connectivity index (χ4n) is 8.36. The fourth-order valence-corrected chi connectivity index (χ4v) is 8.36. The lowest BCUT2D eigenvalue weighted by Gasteiger charge is -2.55. The van der Waals surface area contributed by atoms with Crippen LogP contribution in [0.2, 0.25) is 0 Å². The monoisotopic (exact) mass is 575 g/mol. The van der Waals surface area contributed by atoms with Crippen LogP contribution in [0.4, 0.5) is 4.39 Å². The molecule has 1 aliphatic heterocycles. The molecule has 1 saturated heterocycles. The number of para-hydroxylation sites is 1.